The summed E-state index contributed by atoms with van der Waals surface area (Å²) >= 11 is 17.7. The summed E-state index contributed by atoms with van der Waals surface area (Å²) in [4.78, 5) is 11.3. The van der Waals surface area contributed by atoms with Crippen LogP contribution in [0, 0.1) is 5.41 Å². The van der Waals surface area contributed by atoms with E-state index >= 15 is 0 Å². The van der Waals surface area contributed by atoms with E-state index < -0.39 is 9.21 Å². The van der Waals surface area contributed by atoms with Crippen molar-refractivity contribution in [3.63, 3.8) is 0 Å². The minimum Gasteiger partial charge on any atom is -0.290 e. The molecule has 0 amide bonds. The molecular weight excluding hydrogens is 242 g/mol. The lowest BCUT2D eigenvalue weighted by molar-refractivity contribution is -0.111. The summed E-state index contributed by atoms with van der Waals surface area (Å²) < 4.78 is -1.43. The number of allylic oxidation sites excluding steroid dienone is 4. The maximum absolute atomic E-state index is 11.3. The van der Waals surface area contributed by atoms with Crippen molar-refractivity contribution < 1.29 is 4.79 Å². The van der Waals surface area contributed by atoms with Gasteiger partial charge in [-0.1, -0.05) is 46.5 Å². The van der Waals surface area contributed by atoms with E-state index in [0.717, 1.165) is 5.57 Å². The van der Waals surface area contributed by atoms with E-state index in [-0.39, 0.29) is 5.78 Å². The Labute approximate surface area is 98.7 Å². The van der Waals surface area contributed by atoms with Crippen LogP contribution in [0.2, 0.25) is 0 Å². The Morgan fingerprint density at radius 2 is 1.79 bits per heavy atom. The predicted molar refractivity (Wildman–Crippen MR) is 60.9 cm³/mol. The Balaban J connectivity index is 3.26. The largest absolute Gasteiger partial charge is 0.290 e. The topological polar surface area (TPSA) is 17.1 Å². The van der Waals surface area contributed by atoms with Gasteiger partial charge in [-0.2, -0.15) is 0 Å². The van der Waals surface area contributed by atoms with Crippen LogP contribution in [-0.2, 0) is 4.79 Å². The van der Waals surface area contributed by atoms with Crippen molar-refractivity contribution in [3.8, 4) is 0 Å². The van der Waals surface area contributed by atoms with Crippen LogP contribution in [0.25, 0.3) is 0 Å². The lowest BCUT2D eigenvalue weighted by Crippen LogP contribution is -2.34. The molecule has 0 fully saturated rings. The van der Waals surface area contributed by atoms with Crippen LogP contribution in [0.5, 0.6) is 0 Å². The van der Waals surface area contributed by atoms with Gasteiger partial charge in [-0.25, -0.2) is 0 Å². The SMILES string of the molecule is CC1=CC(C)(C(Cl)(Cl)Cl)C(C)=CC1=O. The van der Waals surface area contributed by atoms with Gasteiger partial charge in [0.2, 0.25) is 3.79 Å². The van der Waals surface area contributed by atoms with Gasteiger partial charge >= 0.3 is 0 Å². The Kier molecular flexibility index (Phi) is 3.07. The van der Waals surface area contributed by atoms with Gasteiger partial charge in [0.1, 0.15) is 0 Å². The molecule has 0 N–H and O–H groups in total. The number of hydrogen-bond donors (Lipinski definition) is 0. The summed E-state index contributed by atoms with van der Waals surface area (Å²) in [5.41, 5.74) is 0.688. The smallest absolute Gasteiger partial charge is 0.202 e. The Hall–Kier alpha value is 0.0200. The molecule has 1 nitrogen and oxygen atoms in total. The third kappa shape index (κ3) is 1.86. The summed E-state index contributed by atoms with van der Waals surface area (Å²) in [6, 6.07) is 0. The van der Waals surface area contributed by atoms with Gasteiger partial charge < -0.3 is 0 Å². The highest BCUT2D eigenvalue weighted by Gasteiger charge is 2.46. The number of carbonyl (C=O) groups excluding carboxylic acids is 1. The number of alkyl halides is 3. The fraction of sp³-hybridized carbons (Fsp3) is 0.500. The normalized spacial score (nSPS) is 28.6. The molecular formula is C10H11Cl3O. The number of carbonyl (C=O) groups is 1. The first kappa shape index (κ1) is 12.1. The first-order chi connectivity index (χ1) is 6.18. The van der Waals surface area contributed by atoms with Crippen LogP contribution in [0.4, 0.5) is 0 Å². The fourth-order valence-corrected chi connectivity index (χ4v) is 1.99. The first-order valence-corrected chi connectivity index (χ1v) is 5.31. The quantitative estimate of drug-likeness (QED) is 0.600. The highest BCUT2D eigenvalue weighted by molar-refractivity contribution is 6.68. The van der Waals surface area contributed by atoms with Crippen LogP contribution in [0.3, 0.4) is 0 Å². The summed E-state index contributed by atoms with van der Waals surface area (Å²) in [6.07, 6.45) is 3.24. The maximum atomic E-state index is 11.3. The lowest BCUT2D eigenvalue weighted by atomic mass is 9.78. The van der Waals surface area contributed by atoms with Gasteiger partial charge in [0.15, 0.2) is 5.78 Å². The van der Waals surface area contributed by atoms with Gasteiger partial charge in [0.05, 0.1) is 5.41 Å². The van der Waals surface area contributed by atoms with E-state index in [1.807, 2.05) is 6.92 Å². The molecule has 0 bridgehead atoms. The first-order valence-electron chi connectivity index (χ1n) is 4.18. The molecule has 0 spiro atoms. The molecule has 0 saturated heterocycles. The molecule has 0 aliphatic heterocycles. The van der Waals surface area contributed by atoms with Crippen LogP contribution in [0.15, 0.2) is 23.3 Å². The molecule has 0 heterocycles. The number of rotatable bonds is 0. The Bertz CT molecular complexity index is 336. The van der Waals surface area contributed by atoms with E-state index in [1.165, 1.54) is 6.08 Å². The predicted octanol–water partition coefficient (Wildman–Crippen LogP) is 3.84. The molecule has 0 aromatic heterocycles. The molecule has 0 saturated carbocycles. The van der Waals surface area contributed by atoms with E-state index in [9.17, 15) is 4.79 Å². The molecule has 1 rings (SSSR count). The number of hydrogen-bond acceptors (Lipinski definition) is 1. The summed E-state index contributed by atoms with van der Waals surface area (Å²) in [5, 5.41) is 0. The fourth-order valence-electron chi connectivity index (χ4n) is 1.38. The van der Waals surface area contributed by atoms with Crippen molar-refractivity contribution in [2.75, 3.05) is 0 Å². The van der Waals surface area contributed by atoms with E-state index in [1.54, 1.807) is 19.9 Å². The van der Waals surface area contributed by atoms with Crippen LogP contribution in [-0.4, -0.2) is 9.58 Å². The molecule has 14 heavy (non-hydrogen) atoms. The van der Waals surface area contributed by atoms with Gasteiger partial charge in [0.25, 0.3) is 0 Å². The molecule has 1 aliphatic carbocycles. The van der Waals surface area contributed by atoms with Gasteiger partial charge in [0, 0.05) is 0 Å². The van der Waals surface area contributed by atoms with Crippen molar-refractivity contribution >= 4 is 40.6 Å². The number of halogens is 3. The zero-order chi connectivity index (χ0) is 11.1. The highest BCUT2D eigenvalue weighted by atomic mass is 35.6. The van der Waals surface area contributed by atoms with Gasteiger partial charge in [-0.15, -0.1) is 0 Å². The molecule has 0 aromatic carbocycles. The second kappa shape index (κ2) is 3.55. The van der Waals surface area contributed by atoms with Crippen molar-refractivity contribution in [1.29, 1.82) is 0 Å². The monoisotopic (exact) mass is 252 g/mol. The van der Waals surface area contributed by atoms with Crippen molar-refractivity contribution in [2.45, 2.75) is 24.6 Å². The van der Waals surface area contributed by atoms with Crippen molar-refractivity contribution in [2.24, 2.45) is 5.41 Å². The average molecular weight is 254 g/mol. The minimum absolute atomic E-state index is 0.0192. The third-order valence-corrected chi connectivity index (χ3v) is 3.83. The zero-order valence-electron chi connectivity index (χ0n) is 8.20. The van der Waals surface area contributed by atoms with Gasteiger partial charge in [-0.05, 0) is 32.4 Å². The summed E-state index contributed by atoms with van der Waals surface area (Å²) in [5.74, 6) is -0.0192. The Morgan fingerprint density at radius 3 is 2.21 bits per heavy atom. The van der Waals surface area contributed by atoms with Crippen LogP contribution >= 0.6 is 34.8 Å². The third-order valence-electron chi connectivity index (χ3n) is 2.65. The lowest BCUT2D eigenvalue weighted by Gasteiger charge is -2.36. The molecule has 1 unspecified atom stereocenters. The molecule has 1 aliphatic rings. The van der Waals surface area contributed by atoms with E-state index in [4.69, 9.17) is 34.8 Å². The van der Waals surface area contributed by atoms with Gasteiger partial charge in [-0.3, -0.25) is 4.79 Å². The molecule has 0 radical (unpaired) electrons. The molecule has 0 aromatic rings. The number of ketones is 1. The molecule has 4 heteroatoms. The average Bonchev–Trinajstić information content (AvgIpc) is 1.99. The van der Waals surface area contributed by atoms with Crippen LogP contribution in [0.1, 0.15) is 20.8 Å². The summed E-state index contributed by atoms with van der Waals surface area (Å²) in [7, 11) is 0. The second-order valence-corrected chi connectivity index (χ2v) is 6.00. The van der Waals surface area contributed by atoms with E-state index in [0.29, 0.717) is 5.57 Å². The standard InChI is InChI=1S/C10H11Cl3O/c1-6-5-9(3,10(11,12)13)7(2)4-8(6)14/h4-5H,1-3H3. The second-order valence-electron chi connectivity index (χ2n) is 3.72. The summed E-state index contributed by atoms with van der Waals surface area (Å²) in [6.45, 7) is 5.32. The highest BCUT2D eigenvalue weighted by Crippen LogP contribution is 2.51. The van der Waals surface area contributed by atoms with Crippen LogP contribution < -0.4 is 0 Å². The van der Waals surface area contributed by atoms with Crippen molar-refractivity contribution in [3.05, 3.63) is 23.3 Å². The van der Waals surface area contributed by atoms with E-state index in [2.05, 4.69) is 0 Å². The zero-order valence-corrected chi connectivity index (χ0v) is 10.5. The minimum atomic E-state index is -1.43. The van der Waals surface area contributed by atoms with Crippen molar-refractivity contribution in [1.82, 2.24) is 0 Å². The molecule has 78 valence electrons. The molecule has 1 atom stereocenters. The Morgan fingerprint density at radius 1 is 1.29 bits per heavy atom. The maximum Gasteiger partial charge on any atom is 0.202 e.